The first kappa shape index (κ1) is 11.9. The molecule has 1 saturated heterocycles. The lowest BCUT2D eigenvalue weighted by molar-refractivity contribution is -0.149. The Kier molecular flexibility index (Phi) is 3.53. The number of aliphatic carboxylic acids is 1. The van der Waals surface area contributed by atoms with Crippen LogP contribution in [0.3, 0.4) is 0 Å². The van der Waals surface area contributed by atoms with E-state index >= 15 is 0 Å². The molecule has 1 aliphatic carbocycles. The van der Waals surface area contributed by atoms with Crippen molar-refractivity contribution in [3.63, 3.8) is 0 Å². The van der Waals surface area contributed by atoms with E-state index in [1.165, 1.54) is 19.3 Å². The number of likely N-dealkylation sites (tertiary alicyclic amines) is 1. The maximum Gasteiger partial charge on any atom is 0.311 e. The predicted octanol–water partition coefficient (Wildman–Crippen LogP) is 2.36. The summed E-state index contributed by atoms with van der Waals surface area (Å²) in [5, 5.41) is 9.44. The van der Waals surface area contributed by atoms with Gasteiger partial charge >= 0.3 is 5.97 Å². The standard InChI is InChI=1S/C13H23NO2/c1-2-3-4-8-14-9-11-6-5-7-13(11,10-14)12(15)16/h11H,2-10H2,1H3,(H,15,16)/t11-,13+/m0/s1. The zero-order valence-corrected chi connectivity index (χ0v) is 10.2. The number of carboxylic acid groups (broad SMARTS) is 1. The zero-order chi connectivity index (χ0) is 11.6. The van der Waals surface area contributed by atoms with Crippen LogP contribution in [-0.2, 0) is 4.79 Å². The van der Waals surface area contributed by atoms with Gasteiger partial charge in [0.2, 0.25) is 0 Å². The molecule has 2 aliphatic rings. The average molecular weight is 225 g/mol. The van der Waals surface area contributed by atoms with E-state index in [4.69, 9.17) is 0 Å². The maximum atomic E-state index is 11.5. The van der Waals surface area contributed by atoms with Gasteiger partial charge in [0.25, 0.3) is 0 Å². The van der Waals surface area contributed by atoms with Gasteiger partial charge in [0.15, 0.2) is 0 Å². The Labute approximate surface area is 97.8 Å². The Bertz CT molecular complexity index is 267. The number of unbranched alkanes of at least 4 members (excludes halogenated alkanes) is 2. The zero-order valence-electron chi connectivity index (χ0n) is 10.2. The van der Waals surface area contributed by atoms with Gasteiger partial charge in [0.05, 0.1) is 5.41 Å². The lowest BCUT2D eigenvalue weighted by Gasteiger charge is -2.23. The van der Waals surface area contributed by atoms with Gasteiger partial charge in [-0.15, -0.1) is 0 Å². The second kappa shape index (κ2) is 4.74. The van der Waals surface area contributed by atoms with Crippen molar-refractivity contribution in [2.45, 2.75) is 45.4 Å². The van der Waals surface area contributed by atoms with Crippen LogP contribution in [-0.4, -0.2) is 35.6 Å². The fourth-order valence-electron chi connectivity index (χ4n) is 3.50. The van der Waals surface area contributed by atoms with E-state index in [9.17, 15) is 9.90 Å². The fraction of sp³-hybridized carbons (Fsp3) is 0.923. The summed E-state index contributed by atoms with van der Waals surface area (Å²) in [5.74, 6) is -0.125. The number of fused-ring (bicyclic) bond motifs is 1. The number of hydrogen-bond donors (Lipinski definition) is 1. The van der Waals surface area contributed by atoms with E-state index in [-0.39, 0.29) is 5.41 Å². The smallest absolute Gasteiger partial charge is 0.311 e. The van der Waals surface area contributed by atoms with Gasteiger partial charge in [-0.3, -0.25) is 4.79 Å². The van der Waals surface area contributed by atoms with Crippen molar-refractivity contribution in [2.75, 3.05) is 19.6 Å². The highest BCUT2D eigenvalue weighted by molar-refractivity contribution is 5.76. The quantitative estimate of drug-likeness (QED) is 0.730. The van der Waals surface area contributed by atoms with Crippen LogP contribution in [0, 0.1) is 11.3 Å². The molecule has 0 aromatic carbocycles. The molecule has 2 atom stereocenters. The van der Waals surface area contributed by atoms with Crippen LogP contribution in [0.25, 0.3) is 0 Å². The topological polar surface area (TPSA) is 40.5 Å². The Morgan fingerprint density at radius 3 is 2.94 bits per heavy atom. The van der Waals surface area contributed by atoms with E-state index in [1.54, 1.807) is 0 Å². The predicted molar refractivity (Wildman–Crippen MR) is 63.4 cm³/mol. The molecular formula is C13H23NO2. The SMILES string of the molecule is CCCCCN1C[C@@H]2CCC[C@@]2(C(=O)O)C1. The molecule has 1 saturated carbocycles. The molecule has 3 heteroatoms. The van der Waals surface area contributed by atoms with Gasteiger partial charge in [-0.25, -0.2) is 0 Å². The van der Waals surface area contributed by atoms with Crippen LogP contribution in [0.5, 0.6) is 0 Å². The molecule has 2 fully saturated rings. The van der Waals surface area contributed by atoms with Gasteiger partial charge in [-0.2, -0.15) is 0 Å². The summed E-state index contributed by atoms with van der Waals surface area (Å²) in [6.45, 7) is 5.13. The monoisotopic (exact) mass is 225 g/mol. The molecule has 92 valence electrons. The van der Waals surface area contributed by atoms with Gasteiger partial charge in [-0.05, 0) is 31.7 Å². The average Bonchev–Trinajstić information content (AvgIpc) is 2.74. The van der Waals surface area contributed by atoms with Crippen LogP contribution < -0.4 is 0 Å². The highest BCUT2D eigenvalue weighted by Crippen LogP contribution is 2.48. The normalized spacial score (nSPS) is 34.2. The molecule has 0 spiro atoms. The van der Waals surface area contributed by atoms with Crippen molar-refractivity contribution in [3.8, 4) is 0 Å². The molecule has 0 amide bonds. The number of carboxylic acids is 1. The molecule has 16 heavy (non-hydrogen) atoms. The fourth-order valence-corrected chi connectivity index (χ4v) is 3.50. The lowest BCUT2D eigenvalue weighted by atomic mass is 9.81. The van der Waals surface area contributed by atoms with Crippen molar-refractivity contribution in [2.24, 2.45) is 11.3 Å². The maximum absolute atomic E-state index is 11.5. The molecule has 1 N–H and O–H groups in total. The second-order valence-corrected chi connectivity index (χ2v) is 5.49. The van der Waals surface area contributed by atoms with E-state index in [0.29, 0.717) is 5.92 Å². The van der Waals surface area contributed by atoms with Crippen LogP contribution in [0.1, 0.15) is 45.4 Å². The first-order chi connectivity index (χ1) is 7.69. The molecule has 1 aliphatic heterocycles. The first-order valence-corrected chi connectivity index (χ1v) is 6.65. The van der Waals surface area contributed by atoms with Gasteiger partial charge in [-0.1, -0.05) is 26.2 Å². The molecule has 0 unspecified atom stereocenters. The number of carbonyl (C=O) groups is 1. The Balaban J connectivity index is 1.92. The van der Waals surface area contributed by atoms with Crippen LogP contribution in [0.2, 0.25) is 0 Å². The molecule has 0 aromatic heterocycles. The van der Waals surface area contributed by atoms with Gasteiger partial charge < -0.3 is 10.0 Å². The third kappa shape index (κ3) is 1.97. The summed E-state index contributed by atoms with van der Waals surface area (Å²) in [7, 11) is 0. The second-order valence-electron chi connectivity index (χ2n) is 5.49. The molecule has 3 nitrogen and oxygen atoms in total. The van der Waals surface area contributed by atoms with Crippen molar-refractivity contribution in [1.29, 1.82) is 0 Å². The highest BCUT2D eigenvalue weighted by Gasteiger charge is 2.54. The van der Waals surface area contributed by atoms with Gasteiger partial charge in [0.1, 0.15) is 0 Å². The molecule has 0 bridgehead atoms. The Morgan fingerprint density at radius 2 is 2.31 bits per heavy atom. The first-order valence-electron chi connectivity index (χ1n) is 6.65. The lowest BCUT2D eigenvalue weighted by Crippen LogP contribution is -2.35. The summed E-state index contributed by atoms with van der Waals surface area (Å²) in [5.41, 5.74) is -0.383. The van der Waals surface area contributed by atoms with E-state index in [2.05, 4.69) is 11.8 Å². The van der Waals surface area contributed by atoms with E-state index in [0.717, 1.165) is 38.9 Å². The summed E-state index contributed by atoms with van der Waals surface area (Å²) in [6.07, 6.45) is 6.86. The van der Waals surface area contributed by atoms with Crippen molar-refractivity contribution in [3.05, 3.63) is 0 Å². The molecule has 0 radical (unpaired) electrons. The minimum atomic E-state index is -0.548. The number of rotatable bonds is 5. The molecule has 0 aromatic rings. The Hall–Kier alpha value is -0.570. The van der Waals surface area contributed by atoms with Crippen molar-refractivity contribution in [1.82, 2.24) is 4.90 Å². The van der Waals surface area contributed by atoms with Crippen molar-refractivity contribution >= 4 is 5.97 Å². The summed E-state index contributed by atoms with van der Waals surface area (Å²) in [4.78, 5) is 13.8. The summed E-state index contributed by atoms with van der Waals surface area (Å²) in [6, 6.07) is 0. The molecule has 1 heterocycles. The highest BCUT2D eigenvalue weighted by atomic mass is 16.4. The third-order valence-corrected chi connectivity index (χ3v) is 4.45. The summed E-state index contributed by atoms with van der Waals surface area (Å²) < 4.78 is 0. The van der Waals surface area contributed by atoms with Crippen LogP contribution in [0.15, 0.2) is 0 Å². The minimum absolute atomic E-state index is 0.383. The molecule has 2 rings (SSSR count). The van der Waals surface area contributed by atoms with Crippen LogP contribution in [0.4, 0.5) is 0 Å². The van der Waals surface area contributed by atoms with E-state index in [1.807, 2.05) is 0 Å². The minimum Gasteiger partial charge on any atom is -0.481 e. The summed E-state index contributed by atoms with van der Waals surface area (Å²) >= 11 is 0. The largest absolute Gasteiger partial charge is 0.481 e. The van der Waals surface area contributed by atoms with Crippen molar-refractivity contribution < 1.29 is 9.90 Å². The number of nitrogens with zero attached hydrogens (tertiary/aromatic N) is 1. The third-order valence-electron chi connectivity index (χ3n) is 4.45. The number of hydrogen-bond acceptors (Lipinski definition) is 2. The Morgan fingerprint density at radius 1 is 1.50 bits per heavy atom. The molecular weight excluding hydrogens is 202 g/mol. The van der Waals surface area contributed by atoms with Crippen LogP contribution >= 0.6 is 0 Å². The van der Waals surface area contributed by atoms with E-state index < -0.39 is 5.97 Å². The van der Waals surface area contributed by atoms with Gasteiger partial charge in [0, 0.05) is 13.1 Å².